The summed E-state index contributed by atoms with van der Waals surface area (Å²) in [5, 5.41) is 0. The summed E-state index contributed by atoms with van der Waals surface area (Å²) >= 11 is 0. The molecule has 0 atom stereocenters. The molecule has 0 aliphatic carbocycles. The molecule has 0 fully saturated rings. The van der Waals surface area contributed by atoms with Crippen molar-refractivity contribution >= 4 is 27.6 Å². The van der Waals surface area contributed by atoms with E-state index >= 15 is 0 Å². The molecule has 8 nitrogen and oxygen atoms in total. The van der Waals surface area contributed by atoms with Crippen LogP contribution in [0.5, 0.6) is 0 Å². The van der Waals surface area contributed by atoms with Gasteiger partial charge in [0.15, 0.2) is 5.78 Å². The van der Waals surface area contributed by atoms with E-state index in [0.29, 0.717) is 0 Å². The van der Waals surface area contributed by atoms with Crippen LogP contribution in [0.3, 0.4) is 0 Å². The first-order valence-electron chi connectivity index (χ1n) is 10.3. The lowest BCUT2D eigenvalue weighted by atomic mass is 10.1. The molecule has 0 aliphatic rings. The summed E-state index contributed by atoms with van der Waals surface area (Å²) in [4.78, 5) is 36.3. The largest absolute Gasteiger partial charge is 0.294 e. The SMILES string of the molecule is O=C(CCC(=O)c1ccc(F)cc1)NNC(=O)c1cccc(S(=O)(=O)NCc2ccccc2)c1. The van der Waals surface area contributed by atoms with Crippen LogP contribution in [-0.4, -0.2) is 26.0 Å². The van der Waals surface area contributed by atoms with Gasteiger partial charge in [0.2, 0.25) is 15.9 Å². The van der Waals surface area contributed by atoms with Crippen LogP contribution >= 0.6 is 0 Å². The second kappa shape index (κ2) is 11.3. The highest BCUT2D eigenvalue weighted by Crippen LogP contribution is 2.12. The normalized spacial score (nSPS) is 11.0. The van der Waals surface area contributed by atoms with Crippen LogP contribution in [0.25, 0.3) is 0 Å². The predicted molar refractivity (Wildman–Crippen MR) is 122 cm³/mol. The number of ketones is 1. The minimum Gasteiger partial charge on any atom is -0.294 e. The monoisotopic (exact) mass is 483 g/mol. The van der Waals surface area contributed by atoms with Gasteiger partial charge >= 0.3 is 0 Å². The lowest BCUT2D eigenvalue weighted by molar-refractivity contribution is -0.121. The average molecular weight is 484 g/mol. The molecule has 0 heterocycles. The molecule has 0 bridgehead atoms. The lowest BCUT2D eigenvalue weighted by Gasteiger charge is -2.10. The molecule has 0 saturated carbocycles. The molecule has 2 amide bonds. The van der Waals surface area contributed by atoms with Gasteiger partial charge in [-0.1, -0.05) is 36.4 Å². The average Bonchev–Trinajstić information content (AvgIpc) is 2.85. The zero-order valence-electron chi connectivity index (χ0n) is 18.0. The Labute approximate surface area is 196 Å². The zero-order chi connectivity index (χ0) is 24.6. The number of hydrazine groups is 1. The fraction of sp³-hybridized carbons (Fsp3) is 0.125. The van der Waals surface area contributed by atoms with Crippen molar-refractivity contribution in [2.75, 3.05) is 0 Å². The van der Waals surface area contributed by atoms with E-state index in [1.165, 1.54) is 36.4 Å². The highest BCUT2D eigenvalue weighted by Gasteiger charge is 2.17. The van der Waals surface area contributed by atoms with Gasteiger partial charge in [-0.15, -0.1) is 0 Å². The zero-order valence-corrected chi connectivity index (χ0v) is 18.8. The number of nitrogens with one attached hydrogen (secondary N) is 3. The van der Waals surface area contributed by atoms with E-state index in [1.54, 1.807) is 24.3 Å². The molecule has 3 aromatic rings. The summed E-state index contributed by atoms with van der Waals surface area (Å²) in [5.74, 6) is -2.15. The summed E-state index contributed by atoms with van der Waals surface area (Å²) in [7, 11) is -3.87. The molecule has 0 spiro atoms. The highest BCUT2D eigenvalue weighted by molar-refractivity contribution is 7.89. The number of hydrogen-bond donors (Lipinski definition) is 3. The van der Waals surface area contributed by atoms with Crippen LogP contribution in [0.15, 0.2) is 83.8 Å². The van der Waals surface area contributed by atoms with Crippen molar-refractivity contribution in [3.8, 4) is 0 Å². The van der Waals surface area contributed by atoms with Crippen molar-refractivity contribution in [2.24, 2.45) is 0 Å². The fourth-order valence-electron chi connectivity index (χ4n) is 2.93. The van der Waals surface area contributed by atoms with Crippen molar-refractivity contribution < 1.29 is 27.2 Å². The van der Waals surface area contributed by atoms with Crippen LogP contribution in [0.4, 0.5) is 4.39 Å². The molecule has 3 rings (SSSR count). The minimum absolute atomic E-state index is 0.0188. The Hall–Kier alpha value is -3.89. The Balaban J connectivity index is 1.51. The molecule has 176 valence electrons. The van der Waals surface area contributed by atoms with Crippen LogP contribution in [0, 0.1) is 5.82 Å². The minimum atomic E-state index is -3.87. The van der Waals surface area contributed by atoms with Crippen LogP contribution in [-0.2, 0) is 21.4 Å². The van der Waals surface area contributed by atoms with Crippen LogP contribution in [0.2, 0.25) is 0 Å². The Morgan fingerprint density at radius 3 is 2.18 bits per heavy atom. The second-order valence-corrected chi connectivity index (χ2v) is 9.04. The number of carbonyl (C=O) groups is 3. The third-order valence-electron chi connectivity index (χ3n) is 4.78. The van der Waals surface area contributed by atoms with E-state index < -0.39 is 27.7 Å². The Kier molecular flexibility index (Phi) is 8.23. The molecule has 0 aromatic heterocycles. The molecule has 34 heavy (non-hydrogen) atoms. The number of sulfonamides is 1. The maximum Gasteiger partial charge on any atom is 0.269 e. The van der Waals surface area contributed by atoms with E-state index in [1.807, 2.05) is 6.07 Å². The quantitative estimate of drug-likeness (QED) is 0.319. The van der Waals surface area contributed by atoms with Gasteiger partial charge in [-0.25, -0.2) is 17.5 Å². The highest BCUT2D eigenvalue weighted by atomic mass is 32.2. The van der Waals surface area contributed by atoms with E-state index in [2.05, 4.69) is 15.6 Å². The molecule has 0 radical (unpaired) electrons. The summed E-state index contributed by atoms with van der Waals surface area (Å²) < 4.78 is 40.5. The maximum absolute atomic E-state index is 12.9. The second-order valence-electron chi connectivity index (χ2n) is 7.27. The molecule has 0 aliphatic heterocycles. The van der Waals surface area contributed by atoms with Gasteiger partial charge in [0.05, 0.1) is 4.90 Å². The van der Waals surface area contributed by atoms with Gasteiger partial charge in [-0.2, -0.15) is 0 Å². The van der Waals surface area contributed by atoms with Crippen molar-refractivity contribution in [2.45, 2.75) is 24.3 Å². The number of hydrogen-bond acceptors (Lipinski definition) is 5. The van der Waals surface area contributed by atoms with Crippen LogP contribution < -0.4 is 15.6 Å². The number of rotatable bonds is 9. The van der Waals surface area contributed by atoms with E-state index in [-0.39, 0.29) is 41.2 Å². The smallest absolute Gasteiger partial charge is 0.269 e. The number of halogens is 1. The van der Waals surface area contributed by atoms with Gasteiger partial charge in [0.1, 0.15) is 5.82 Å². The van der Waals surface area contributed by atoms with Crippen molar-refractivity contribution in [1.29, 1.82) is 0 Å². The summed E-state index contributed by atoms with van der Waals surface area (Å²) in [6, 6.07) is 19.3. The Bertz CT molecular complexity index is 1280. The first kappa shape index (κ1) is 24.7. The van der Waals surface area contributed by atoms with E-state index in [9.17, 15) is 27.2 Å². The van der Waals surface area contributed by atoms with Gasteiger partial charge in [-0.3, -0.25) is 25.2 Å². The van der Waals surface area contributed by atoms with Crippen LogP contribution in [0.1, 0.15) is 39.1 Å². The maximum atomic E-state index is 12.9. The fourth-order valence-corrected chi connectivity index (χ4v) is 3.99. The predicted octanol–water partition coefficient (Wildman–Crippen LogP) is 2.73. The first-order chi connectivity index (χ1) is 16.2. The summed E-state index contributed by atoms with van der Waals surface area (Å²) in [5.41, 5.74) is 5.45. The first-order valence-corrected chi connectivity index (χ1v) is 11.7. The van der Waals surface area contributed by atoms with Gasteiger partial charge < -0.3 is 0 Å². The third-order valence-corrected chi connectivity index (χ3v) is 6.18. The molecule has 3 N–H and O–H groups in total. The Morgan fingerprint density at radius 2 is 1.47 bits per heavy atom. The molecular formula is C24H22FN3O5S. The molecule has 3 aromatic carbocycles. The molecule has 0 unspecified atom stereocenters. The standard InChI is InChI=1S/C24H22FN3O5S/c25-20-11-9-18(10-12-20)22(29)13-14-23(30)27-28-24(31)19-7-4-8-21(15-19)34(32,33)26-16-17-5-2-1-3-6-17/h1-12,15,26H,13-14,16H2,(H,27,30)(H,28,31). The number of amides is 2. The molecule has 0 saturated heterocycles. The molecule has 10 heteroatoms. The van der Waals surface area contributed by atoms with Crippen molar-refractivity contribution in [1.82, 2.24) is 15.6 Å². The van der Waals surface area contributed by atoms with Gasteiger partial charge in [0.25, 0.3) is 5.91 Å². The van der Waals surface area contributed by atoms with E-state index in [4.69, 9.17) is 0 Å². The van der Waals surface area contributed by atoms with Crippen molar-refractivity contribution in [3.63, 3.8) is 0 Å². The van der Waals surface area contributed by atoms with E-state index in [0.717, 1.165) is 17.7 Å². The summed E-state index contributed by atoms with van der Waals surface area (Å²) in [6.45, 7) is 0.0896. The van der Waals surface area contributed by atoms with Crippen molar-refractivity contribution in [3.05, 3.63) is 101 Å². The Morgan fingerprint density at radius 1 is 0.765 bits per heavy atom. The number of Topliss-reactive ketones (excluding diaryl/α,β-unsaturated/α-hetero) is 1. The lowest BCUT2D eigenvalue weighted by Crippen LogP contribution is -2.41. The van der Waals surface area contributed by atoms with Gasteiger partial charge in [-0.05, 0) is 48.0 Å². The van der Waals surface area contributed by atoms with Gasteiger partial charge in [0, 0.05) is 30.5 Å². The number of benzene rings is 3. The summed E-state index contributed by atoms with van der Waals surface area (Å²) in [6.07, 6.45) is -0.331. The topological polar surface area (TPSA) is 121 Å². The number of carbonyl (C=O) groups excluding carboxylic acids is 3. The molecular weight excluding hydrogens is 461 g/mol. The third kappa shape index (κ3) is 7.06.